The predicted octanol–water partition coefficient (Wildman–Crippen LogP) is 3.57. The summed E-state index contributed by atoms with van der Waals surface area (Å²) in [5.74, 6) is 0.854. The third kappa shape index (κ3) is 1.22. The van der Waals surface area contributed by atoms with Crippen LogP contribution in [-0.2, 0) is 0 Å². The van der Waals surface area contributed by atoms with Gasteiger partial charge in [-0.2, -0.15) is 0 Å². The molecule has 1 atom stereocenters. The Hall–Kier alpha value is -0.300. The molecule has 1 saturated carbocycles. The molecular formula is C10H14S. The maximum absolute atomic E-state index is 2.35. The van der Waals surface area contributed by atoms with E-state index in [1.807, 2.05) is 11.3 Å². The monoisotopic (exact) mass is 166 g/mol. The quantitative estimate of drug-likeness (QED) is 0.598. The average Bonchev–Trinajstić information content (AvgIpc) is 2.39. The van der Waals surface area contributed by atoms with Crippen LogP contribution in [0, 0.1) is 12.3 Å². The van der Waals surface area contributed by atoms with Crippen molar-refractivity contribution in [3.05, 3.63) is 21.9 Å². The van der Waals surface area contributed by atoms with Crippen molar-refractivity contribution in [3.8, 4) is 0 Å². The normalized spacial score (nSPS) is 27.0. The molecule has 0 aliphatic heterocycles. The third-order valence-electron chi connectivity index (χ3n) is 2.67. The summed E-state index contributed by atoms with van der Waals surface area (Å²) in [7, 11) is 0. The Bertz CT molecular complexity index is 270. The van der Waals surface area contributed by atoms with Crippen molar-refractivity contribution in [1.29, 1.82) is 0 Å². The van der Waals surface area contributed by atoms with Crippen LogP contribution in [0.15, 0.2) is 11.4 Å². The number of thiophene rings is 1. The standard InChI is InChI=1S/C10H14S/c1-7-4-8(6-11-7)9-5-10(9,2)3/h4,6,9H,5H2,1-3H3. The van der Waals surface area contributed by atoms with Gasteiger partial charge in [0, 0.05) is 4.88 Å². The minimum atomic E-state index is 0.591. The smallest absolute Gasteiger partial charge is 0.00171 e. The lowest BCUT2D eigenvalue weighted by Gasteiger charge is -1.98. The molecule has 1 unspecified atom stereocenters. The molecule has 1 aliphatic carbocycles. The molecule has 1 aliphatic rings. The van der Waals surface area contributed by atoms with Crippen molar-refractivity contribution >= 4 is 11.3 Å². The second-order valence-corrected chi connectivity index (χ2v) is 5.35. The van der Waals surface area contributed by atoms with Crippen LogP contribution in [0.5, 0.6) is 0 Å². The Morgan fingerprint density at radius 2 is 2.18 bits per heavy atom. The van der Waals surface area contributed by atoms with E-state index < -0.39 is 0 Å². The van der Waals surface area contributed by atoms with E-state index in [1.54, 1.807) is 5.56 Å². The molecule has 0 bridgehead atoms. The fraction of sp³-hybridized carbons (Fsp3) is 0.600. The highest BCUT2D eigenvalue weighted by molar-refractivity contribution is 7.10. The van der Waals surface area contributed by atoms with E-state index in [1.165, 1.54) is 11.3 Å². The minimum absolute atomic E-state index is 0.591. The number of rotatable bonds is 1. The molecule has 60 valence electrons. The highest BCUT2D eigenvalue weighted by Crippen LogP contribution is 2.59. The maximum atomic E-state index is 2.35. The lowest BCUT2D eigenvalue weighted by molar-refractivity contribution is 0.622. The highest BCUT2D eigenvalue weighted by atomic mass is 32.1. The van der Waals surface area contributed by atoms with Crippen LogP contribution in [0.4, 0.5) is 0 Å². The van der Waals surface area contributed by atoms with Gasteiger partial charge in [0.15, 0.2) is 0 Å². The first kappa shape index (κ1) is 7.35. The Kier molecular flexibility index (Phi) is 1.40. The summed E-state index contributed by atoms with van der Waals surface area (Å²) in [5.41, 5.74) is 2.16. The largest absolute Gasteiger partial charge is 0.149 e. The molecular weight excluding hydrogens is 152 g/mol. The van der Waals surface area contributed by atoms with Crippen LogP contribution in [0.2, 0.25) is 0 Å². The molecule has 11 heavy (non-hydrogen) atoms. The molecule has 0 aromatic carbocycles. The molecule has 0 nitrogen and oxygen atoms in total. The van der Waals surface area contributed by atoms with Crippen molar-refractivity contribution in [2.45, 2.75) is 33.1 Å². The molecule has 0 spiro atoms. The Morgan fingerprint density at radius 3 is 2.55 bits per heavy atom. The first-order chi connectivity index (χ1) is 5.09. The van der Waals surface area contributed by atoms with Gasteiger partial charge in [-0.15, -0.1) is 11.3 Å². The first-order valence-electron chi connectivity index (χ1n) is 4.15. The van der Waals surface area contributed by atoms with Gasteiger partial charge in [0.25, 0.3) is 0 Å². The van der Waals surface area contributed by atoms with E-state index in [4.69, 9.17) is 0 Å². The molecule has 2 rings (SSSR count). The van der Waals surface area contributed by atoms with Gasteiger partial charge >= 0.3 is 0 Å². The van der Waals surface area contributed by atoms with Crippen molar-refractivity contribution < 1.29 is 0 Å². The lowest BCUT2D eigenvalue weighted by Crippen LogP contribution is -1.86. The highest BCUT2D eigenvalue weighted by Gasteiger charge is 2.46. The van der Waals surface area contributed by atoms with E-state index >= 15 is 0 Å². The van der Waals surface area contributed by atoms with Gasteiger partial charge in [0.1, 0.15) is 0 Å². The van der Waals surface area contributed by atoms with Crippen molar-refractivity contribution in [2.75, 3.05) is 0 Å². The average molecular weight is 166 g/mol. The fourth-order valence-corrected chi connectivity index (χ4v) is 2.44. The van der Waals surface area contributed by atoms with E-state index in [0.29, 0.717) is 5.41 Å². The van der Waals surface area contributed by atoms with E-state index in [2.05, 4.69) is 32.2 Å². The molecule has 1 aromatic rings. The molecule has 0 amide bonds. The Morgan fingerprint density at radius 1 is 1.55 bits per heavy atom. The van der Waals surface area contributed by atoms with Gasteiger partial charge in [-0.1, -0.05) is 13.8 Å². The van der Waals surface area contributed by atoms with Crippen LogP contribution >= 0.6 is 11.3 Å². The molecule has 1 aromatic heterocycles. The summed E-state index contributed by atoms with van der Waals surface area (Å²) in [4.78, 5) is 1.45. The van der Waals surface area contributed by atoms with Crippen LogP contribution < -0.4 is 0 Å². The summed E-state index contributed by atoms with van der Waals surface area (Å²) >= 11 is 1.87. The second kappa shape index (κ2) is 2.10. The van der Waals surface area contributed by atoms with Crippen LogP contribution in [0.3, 0.4) is 0 Å². The van der Waals surface area contributed by atoms with Crippen LogP contribution in [0.1, 0.15) is 36.6 Å². The summed E-state index contributed by atoms with van der Waals surface area (Å²) in [6.07, 6.45) is 1.38. The zero-order chi connectivity index (χ0) is 8.06. The maximum Gasteiger partial charge on any atom is 0.00171 e. The fourth-order valence-electron chi connectivity index (χ4n) is 1.68. The second-order valence-electron chi connectivity index (χ2n) is 4.24. The van der Waals surface area contributed by atoms with Gasteiger partial charge in [0.05, 0.1) is 0 Å². The Balaban J connectivity index is 2.20. The third-order valence-corrected chi connectivity index (χ3v) is 3.55. The number of hydrogen-bond acceptors (Lipinski definition) is 1. The van der Waals surface area contributed by atoms with E-state index in [0.717, 1.165) is 5.92 Å². The zero-order valence-corrected chi connectivity index (χ0v) is 8.16. The van der Waals surface area contributed by atoms with Crippen molar-refractivity contribution in [2.24, 2.45) is 5.41 Å². The van der Waals surface area contributed by atoms with Crippen molar-refractivity contribution in [3.63, 3.8) is 0 Å². The molecule has 0 N–H and O–H groups in total. The van der Waals surface area contributed by atoms with Gasteiger partial charge in [-0.3, -0.25) is 0 Å². The Labute approximate surface area is 72.3 Å². The van der Waals surface area contributed by atoms with Gasteiger partial charge in [-0.05, 0) is 41.7 Å². The summed E-state index contributed by atoms with van der Waals surface area (Å²) < 4.78 is 0. The number of hydrogen-bond donors (Lipinski definition) is 0. The van der Waals surface area contributed by atoms with Gasteiger partial charge in [0.2, 0.25) is 0 Å². The van der Waals surface area contributed by atoms with Crippen LogP contribution in [0.25, 0.3) is 0 Å². The van der Waals surface area contributed by atoms with E-state index in [-0.39, 0.29) is 0 Å². The summed E-state index contributed by atoms with van der Waals surface area (Å²) in [5, 5.41) is 2.31. The number of aryl methyl sites for hydroxylation is 1. The van der Waals surface area contributed by atoms with Gasteiger partial charge < -0.3 is 0 Å². The summed E-state index contributed by atoms with van der Waals surface area (Å²) in [6.45, 7) is 6.89. The first-order valence-corrected chi connectivity index (χ1v) is 5.02. The minimum Gasteiger partial charge on any atom is -0.149 e. The molecule has 1 heteroatoms. The molecule has 0 saturated heterocycles. The molecule has 0 radical (unpaired) electrons. The molecule has 1 heterocycles. The van der Waals surface area contributed by atoms with E-state index in [9.17, 15) is 0 Å². The predicted molar refractivity (Wildman–Crippen MR) is 50.2 cm³/mol. The summed E-state index contributed by atoms with van der Waals surface area (Å²) in [6, 6.07) is 2.34. The van der Waals surface area contributed by atoms with Gasteiger partial charge in [-0.25, -0.2) is 0 Å². The molecule has 1 fully saturated rings. The topological polar surface area (TPSA) is 0 Å². The SMILES string of the molecule is Cc1cc(C2CC2(C)C)cs1. The zero-order valence-electron chi connectivity index (χ0n) is 7.35. The lowest BCUT2D eigenvalue weighted by atomic mass is 10.1. The van der Waals surface area contributed by atoms with Crippen molar-refractivity contribution in [1.82, 2.24) is 0 Å². The van der Waals surface area contributed by atoms with Crippen LogP contribution in [-0.4, -0.2) is 0 Å².